The van der Waals surface area contributed by atoms with Crippen LogP contribution in [0.5, 0.6) is 0 Å². The molecule has 0 atom stereocenters. The van der Waals surface area contributed by atoms with Crippen molar-refractivity contribution in [1.82, 2.24) is 19.8 Å². The summed E-state index contributed by atoms with van der Waals surface area (Å²) >= 11 is 6.01. The van der Waals surface area contributed by atoms with Crippen LogP contribution >= 0.6 is 11.6 Å². The molecule has 160 valence electrons. The van der Waals surface area contributed by atoms with Gasteiger partial charge in [-0.3, -0.25) is 9.69 Å². The number of carbonyl (C=O) groups is 1. The number of amides is 1. The summed E-state index contributed by atoms with van der Waals surface area (Å²) in [7, 11) is 0. The predicted octanol–water partition coefficient (Wildman–Crippen LogP) is 3.65. The number of hydrogen-bond donors (Lipinski definition) is 1. The summed E-state index contributed by atoms with van der Waals surface area (Å²) in [5.41, 5.74) is 3.74. The number of fused-ring (bicyclic) bond motifs is 1. The summed E-state index contributed by atoms with van der Waals surface area (Å²) in [5, 5.41) is 1.76. The smallest absolute Gasteiger partial charge is 0.237 e. The Hall–Kier alpha value is -2.83. The molecule has 4 heterocycles. The lowest BCUT2D eigenvalue weighted by Gasteiger charge is -2.36. The van der Waals surface area contributed by atoms with E-state index in [-0.39, 0.29) is 5.91 Å². The lowest BCUT2D eigenvalue weighted by Crippen LogP contribution is -2.50. The van der Waals surface area contributed by atoms with E-state index in [1.165, 1.54) is 16.5 Å². The zero-order valence-corrected chi connectivity index (χ0v) is 18.2. The summed E-state index contributed by atoms with van der Waals surface area (Å²) in [5.74, 6) is 1.12. The van der Waals surface area contributed by atoms with Gasteiger partial charge in [0, 0.05) is 61.9 Å². The second kappa shape index (κ2) is 8.73. The number of nitrogens with zero attached hydrogens (tertiary/aromatic N) is 4. The van der Waals surface area contributed by atoms with Gasteiger partial charge >= 0.3 is 0 Å². The van der Waals surface area contributed by atoms with Crippen LogP contribution in [0.25, 0.3) is 16.5 Å². The molecule has 0 aliphatic carbocycles. The quantitative estimate of drug-likeness (QED) is 0.635. The Bertz CT molecular complexity index is 1120. The first kappa shape index (κ1) is 20.1. The lowest BCUT2D eigenvalue weighted by atomic mass is 9.99. The van der Waals surface area contributed by atoms with E-state index >= 15 is 0 Å². The van der Waals surface area contributed by atoms with E-state index in [2.05, 4.69) is 50.2 Å². The maximum atomic E-state index is 12.9. The molecule has 0 spiro atoms. The molecule has 0 saturated carbocycles. The van der Waals surface area contributed by atoms with Crippen molar-refractivity contribution < 1.29 is 4.79 Å². The number of halogens is 1. The number of para-hydroxylation sites is 1. The number of aromatic nitrogens is 2. The van der Waals surface area contributed by atoms with Gasteiger partial charge in [-0.2, -0.15) is 0 Å². The zero-order valence-electron chi connectivity index (χ0n) is 17.4. The van der Waals surface area contributed by atoms with Crippen molar-refractivity contribution in [3.63, 3.8) is 0 Å². The van der Waals surface area contributed by atoms with E-state index in [9.17, 15) is 4.79 Å². The van der Waals surface area contributed by atoms with E-state index in [0.717, 1.165) is 50.5 Å². The molecule has 3 aromatic rings. The minimum atomic E-state index is 0.212. The number of carbonyl (C=O) groups excluding carboxylic acids is 1. The average molecular weight is 436 g/mol. The highest BCUT2D eigenvalue weighted by Gasteiger charge is 2.24. The van der Waals surface area contributed by atoms with Gasteiger partial charge in [0.2, 0.25) is 5.91 Å². The summed E-state index contributed by atoms with van der Waals surface area (Å²) < 4.78 is 0. The summed E-state index contributed by atoms with van der Waals surface area (Å²) in [6.07, 6.45) is 5.18. The standard InChI is InChI=1S/C24H26ClN5O/c25-22-6-3-7-23(27-22)29-14-12-28(13-15-29)17-24(31)30-10-8-18(9-11-30)20-16-26-21-5-2-1-4-19(20)21/h1-8,16,26H,9-15,17H2. The number of benzene rings is 1. The van der Waals surface area contributed by atoms with E-state index in [1.807, 2.05) is 23.1 Å². The van der Waals surface area contributed by atoms with E-state index in [1.54, 1.807) is 6.07 Å². The Morgan fingerprint density at radius 1 is 1.03 bits per heavy atom. The van der Waals surface area contributed by atoms with Crippen molar-refractivity contribution in [3.8, 4) is 0 Å². The molecule has 0 unspecified atom stereocenters. The normalized spacial score (nSPS) is 17.8. The number of aromatic amines is 1. The number of rotatable bonds is 4. The summed E-state index contributed by atoms with van der Waals surface area (Å²) in [6, 6.07) is 14.1. The highest BCUT2D eigenvalue weighted by molar-refractivity contribution is 6.29. The summed E-state index contributed by atoms with van der Waals surface area (Å²) in [4.78, 5) is 27.1. The zero-order chi connectivity index (χ0) is 21.2. The number of nitrogens with one attached hydrogen (secondary N) is 1. The van der Waals surface area contributed by atoms with Gasteiger partial charge < -0.3 is 14.8 Å². The Morgan fingerprint density at radius 2 is 1.87 bits per heavy atom. The average Bonchev–Trinajstić information content (AvgIpc) is 3.24. The van der Waals surface area contributed by atoms with Crippen LogP contribution in [0.15, 0.2) is 54.7 Å². The number of piperazine rings is 1. The van der Waals surface area contributed by atoms with Crippen molar-refractivity contribution in [3.05, 3.63) is 65.5 Å². The molecular formula is C24H26ClN5O. The number of H-pyrrole nitrogens is 1. The number of pyridine rings is 1. The first-order valence-electron chi connectivity index (χ1n) is 10.8. The SMILES string of the molecule is O=C(CN1CCN(c2cccc(Cl)n2)CC1)N1CC=C(c2c[nH]c3ccccc23)CC1. The molecule has 2 aliphatic heterocycles. The first-order valence-corrected chi connectivity index (χ1v) is 11.2. The minimum Gasteiger partial charge on any atom is -0.361 e. The Morgan fingerprint density at radius 3 is 2.65 bits per heavy atom. The van der Waals surface area contributed by atoms with Crippen LogP contribution in [0.1, 0.15) is 12.0 Å². The molecule has 0 radical (unpaired) electrons. The van der Waals surface area contributed by atoms with Crippen molar-refractivity contribution >= 4 is 39.8 Å². The fourth-order valence-corrected chi connectivity index (χ4v) is 4.64. The van der Waals surface area contributed by atoms with E-state index in [4.69, 9.17) is 11.6 Å². The van der Waals surface area contributed by atoms with Crippen LogP contribution in [0.4, 0.5) is 5.82 Å². The van der Waals surface area contributed by atoms with Gasteiger partial charge in [-0.15, -0.1) is 0 Å². The van der Waals surface area contributed by atoms with E-state index in [0.29, 0.717) is 18.2 Å². The third-order valence-electron chi connectivity index (χ3n) is 6.25. The molecule has 7 heteroatoms. The molecule has 6 nitrogen and oxygen atoms in total. The fourth-order valence-electron chi connectivity index (χ4n) is 4.48. The molecule has 0 bridgehead atoms. The Kier molecular flexibility index (Phi) is 5.66. The van der Waals surface area contributed by atoms with Gasteiger partial charge in [0.15, 0.2) is 0 Å². The van der Waals surface area contributed by atoms with E-state index < -0.39 is 0 Å². The van der Waals surface area contributed by atoms with Crippen LogP contribution in [-0.4, -0.2) is 71.5 Å². The molecular weight excluding hydrogens is 410 g/mol. The van der Waals surface area contributed by atoms with Gasteiger partial charge in [0.1, 0.15) is 11.0 Å². The van der Waals surface area contributed by atoms with Crippen molar-refractivity contribution in [2.45, 2.75) is 6.42 Å². The highest BCUT2D eigenvalue weighted by Crippen LogP contribution is 2.29. The maximum absolute atomic E-state index is 12.9. The second-order valence-corrected chi connectivity index (χ2v) is 8.54. The van der Waals surface area contributed by atoms with Gasteiger partial charge in [0.25, 0.3) is 0 Å². The third-order valence-corrected chi connectivity index (χ3v) is 6.46. The number of hydrogen-bond acceptors (Lipinski definition) is 4. The fraction of sp³-hybridized carbons (Fsp3) is 0.333. The van der Waals surface area contributed by atoms with Crippen LogP contribution in [0.3, 0.4) is 0 Å². The van der Waals surface area contributed by atoms with Gasteiger partial charge in [-0.05, 0) is 30.2 Å². The first-order chi connectivity index (χ1) is 15.2. The number of anilines is 1. The monoisotopic (exact) mass is 435 g/mol. The van der Waals surface area contributed by atoms with Crippen LogP contribution < -0.4 is 4.90 Å². The third kappa shape index (κ3) is 4.31. The Balaban J connectivity index is 1.15. The minimum absolute atomic E-state index is 0.212. The van der Waals surface area contributed by atoms with Crippen molar-refractivity contribution in [1.29, 1.82) is 0 Å². The maximum Gasteiger partial charge on any atom is 0.237 e. The summed E-state index contributed by atoms with van der Waals surface area (Å²) in [6.45, 7) is 5.34. The molecule has 2 aliphatic rings. The molecule has 31 heavy (non-hydrogen) atoms. The van der Waals surface area contributed by atoms with Gasteiger partial charge in [0.05, 0.1) is 6.54 Å². The van der Waals surface area contributed by atoms with Crippen molar-refractivity contribution in [2.75, 3.05) is 50.7 Å². The molecule has 2 aromatic heterocycles. The molecule has 1 fully saturated rings. The van der Waals surface area contributed by atoms with Crippen LogP contribution in [0.2, 0.25) is 5.15 Å². The van der Waals surface area contributed by atoms with Crippen molar-refractivity contribution in [2.24, 2.45) is 0 Å². The second-order valence-electron chi connectivity index (χ2n) is 8.15. The van der Waals surface area contributed by atoms with Crippen LogP contribution in [-0.2, 0) is 4.79 Å². The van der Waals surface area contributed by atoms with Gasteiger partial charge in [-0.1, -0.05) is 41.9 Å². The largest absolute Gasteiger partial charge is 0.361 e. The van der Waals surface area contributed by atoms with Crippen LogP contribution in [0, 0.1) is 0 Å². The molecule has 1 saturated heterocycles. The molecule has 1 amide bonds. The molecule has 1 aromatic carbocycles. The topological polar surface area (TPSA) is 55.5 Å². The van der Waals surface area contributed by atoms with Gasteiger partial charge in [-0.25, -0.2) is 4.98 Å². The Labute approximate surface area is 187 Å². The molecule has 1 N–H and O–H groups in total. The predicted molar refractivity (Wildman–Crippen MR) is 125 cm³/mol. The lowest BCUT2D eigenvalue weighted by molar-refractivity contribution is -0.132. The highest BCUT2D eigenvalue weighted by atomic mass is 35.5. The molecule has 5 rings (SSSR count).